The van der Waals surface area contributed by atoms with Gasteiger partial charge in [-0.3, -0.25) is 0 Å². The molecule has 5 nitrogen and oxygen atoms in total. The van der Waals surface area contributed by atoms with Crippen molar-refractivity contribution in [2.45, 2.75) is 19.3 Å². The fourth-order valence-electron chi connectivity index (χ4n) is 2.98. The topological polar surface area (TPSA) is 47.0 Å². The fraction of sp³-hybridized carbons (Fsp3) is 0.222. The van der Waals surface area contributed by atoms with Gasteiger partial charge in [0.15, 0.2) is 0 Å². The zero-order chi connectivity index (χ0) is 15.6. The smallest absolute Gasteiger partial charge is 0.226 e. The molecule has 0 fully saturated rings. The van der Waals surface area contributed by atoms with Crippen LogP contribution in [0.3, 0.4) is 0 Å². The molecule has 2 atom stereocenters. The number of nitrogens with zero attached hydrogens (tertiary/aromatic N) is 3. The molecule has 0 N–H and O–H groups in total. The van der Waals surface area contributed by atoms with Crippen molar-refractivity contribution in [3.8, 4) is 5.75 Å². The van der Waals surface area contributed by atoms with Crippen LogP contribution in [0.1, 0.15) is 18.5 Å². The molecule has 2 unspecified atom stereocenters. The fourth-order valence-corrected chi connectivity index (χ4v) is 2.98. The van der Waals surface area contributed by atoms with Gasteiger partial charge < -0.3 is 14.4 Å². The predicted octanol–water partition coefficient (Wildman–Crippen LogP) is 3.31. The average molecular weight is 307 g/mol. The molecular weight excluding hydrogens is 290 g/mol. The first-order chi connectivity index (χ1) is 11.4. The lowest BCUT2D eigenvalue weighted by Crippen LogP contribution is -2.41. The summed E-state index contributed by atoms with van der Waals surface area (Å²) in [6.45, 7) is 2.53. The molecule has 0 spiro atoms. The van der Waals surface area contributed by atoms with Gasteiger partial charge in [0.25, 0.3) is 0 Å². The van der Waals surface area contributed by atoms with Crippen LogP contribution >= 0.6 is 0 Å². The van der Waals surface area contributed by atoms with Crippen LogP contribution in [0.2, 0.25) is 0 Å². The maximum Gasteiger partial charge on any atom is 0.226 e. The number of pyridine rings is 1. The first-order valence-electron chi connectivity index (χ1n) is 7.68. The zero-order valence-corrected chi connectivity index (χ0v) is 12.8. The van der Waals surface area contributed by atoms with Crippen molar-refractivity contribution in [2.24, 2.45) is 4.99 Å². The molecular formula is C18H17N3O2. The highest BCUT2D eigenvalue weighted by Gasteiger charge is 2.38. The molecule has 0 bridgehead atoms. The number of para-hydroxylation sites is 1. The van der Waals surface area contributed by atoms with Gasteiger partial charge in [-0.25, -0.2) is 9.98 Å². The normalized spacial score (nSPS) is 22.0. The number of aromatic nitrogens is 1. The summed E-state index contributed by atoms with van der Waals surface area (Å²) in [4.78, 5) is 10.9. The van der Waals surface area contributed by atoms with E-state index in [1.54, 1.807) is 6.20 Å². The van der Waals surface area contributed by atoms with Crippen molar-refractivity contribution in [3.63, 3.8) is 0 Å². The summed E-state index contributed by atoms with van der Waals surface area (Å²) >= 11 is 0. The van der Waals surface area contributed by atoms with Crippen molar-refractivity contribution in [1.82, 2.24) is 4.98 Å². The van der Waals surface area contributed by atoms with Crippen molar-refractivity contribution >= 4 is 12.2 Å². The van der Waals surface area contributed by atoms with Crippen LogP contribution in [0.15, 0.2) is 65.4 Å². The third-order valence-electron chi connectivity index (χ3n) is 3.96. The molecule has 116 valence electrons. The van der Waals surface area contributed by atoms with E-state index in [4.69, 9.17) is 9.47 Å². The maximum absolute atomic E-state index is 6.01. The van der Waals surface area contributed by atoms with E-state index in [1.807, 2.05) is 55.9 Å². The van der Waals surface area contributed by atoms with Crippen molar-refractivity contribution < 1.29 is 9.47 Å². The minimum absolute atomic E-state index is 0.0242. The van der Waals surface area contributed by atoms with Gasteiger partial charge in [-0.2, -0.15) is 0 Å². The Bertz CT molecular complexity index is 758. The highest BCUT2D eigenvalue weighted by atomic mass is 16.7. The molecule has 2 aliphatic heterocycles. The molecule has 4 rings (SSSR count). The molecule has 5 heteroatoms. The Morgan fingerprint density at radius 2 is 2.04 bits per heavy atom. The molecule has 0 saturated carbocycles. The summed E-state index contributed by atoms with van der Waals surface area (Å²) in [6, 6.07) is 13.9. The number of fused-ring (bicyclic) bond motifs is 3. The standard InChI is InChI=1S/C18H17N3O2/c1-2-22-18-14-11-19-12-21(16-9-5-6-10-20-16)17(14)13-7-3-4-8-15(13)23-18/h3-12,17-18H,2H2,1H3. The summed E-state index contributed by atoms with van der Waals surface area (Å²) < 4.78 is 11.8. The zero-order valence-electron chi connectivity index (χ0n) is 12.8. The van der Waals surface area contributed by atoms with Gasteiger partial charge in [0.05, 0.1) is 12.4 Å². The molecule has 0 amide bonds. The summed E-state index contributed by atoms with van der Waals surface area (Å²) in [5.74, 6) is 1.68. The molecule has 1 aromatic carbocycles. The van der Waals surface area contributed by atoms with Crippen molar-refractivity contribution in [2.75, 3.05) is 11.5 Å². The molecule has 0 aliphatic carbocycles. The first-order valence-corrected chi connectivity index (χ1v) is 7.68. The van der Waals surface area contributed by atoms with E-state index in [-0.39, 0.29) is 6.04 Å². The molecule has 0 radical (unpaired) electrons. The minimum Gasteiger partial charge on any atom is -0.460 e. The van der Waals surface area contributed by atoms with Crippen molar-refractivity contribution in [1.29, 1.82) is 0 Å². The lowest BCUT2D eigenvalue weighted by Gasteiger charge is -2.40. The van der Waals surface area contributed by atoms with Crippen LogP contribution in [-0.4, -0.2) is 24.2 Å². The Hall–Kier alpha value is -2.66. The molecule has 2 aliphatic rings. The highest BCUT2D eigenvalue weighted by molar-refractivity contribution is 5.82. The number of anilines is 1. The van der Waals surface area contributed by atoms with E-state index in [9.17, 15) is 0 Å². The second-order valence-electron chi connectivity index (χ2n) is 5.33. The quantitative estimate of drug-likeness (QED) is 0.873. The summed E-state index contributed by atoms with van der Waals surface area (Å²) in [5, 5.41) is 0. The Labute approximate surface area is 134 Å². The van der Waals surface area contributed by atoms with Crippen LogP contribution in [0.25, 0.3) is 0 Å². The van der Waals surface area contributed by atoms with E-state index in [2.05, 4.69) is 20.9 Å². The van der Waals surface area contributed by atoms with Gasteiger partial charge in [0.1, 0.15) is 11.6 Å². The molecule has 0 saturated heterocycles. The molecule has 3 heterocycles. The second-order valence-corrected chi connectivity index (χ2v) is 5.33. The number of benzene rings is 1. The maximum atomic E-state index is 6.01. The van der Waals surface area contributed by atoms with Gasteiger partial charge in [-0.1, -0.05) is 24.3 Å². The van der Waals surface area contributed by atoms with Crippen LogP contribution < -0.4 is 9.64 Å². The third kappa shape index (κ3) is 2.39. The monoisotopic (exact) mass is 307 g/mol. The van der Waals surface area contributed by atoms with Crippen LogP contribution in [0.5, 0.6) is 5.75 Å². The Kier molecular flexibility index (Phi) is 3.55. The molecule has 2 aromatic rings. The Morgan fingerprint density at radius 1 is 1.17 bits per heavy atom. The van der Waals surface area contributed by atoms with Gasteiger partial charge in [0.2, 0.25) is 6.29 Å². The third-order valence-corrected chi connectivity index (χ3v) is 3.96. The minimum atomic E-state index is -0.427. The van der Waals surface area contributed by atoms with Gasteiger partial charge >= 0.3 is 0 Å². The number of hydrogen-bond acceptors (Lipinski definition) is 5. The second kappa shape index (κ2) is 5.85. The van der Waals surface area contributed by atoms with E-state index < -0.39 is 6.29 Å². The number of rotatable bonds is 3. The number of ether oxygens (including phenoxy) is 2. The van der Waals surface area contributed by atoms with Gasteiger partial charge in [0, 0.05) is 30.1 Å². The lowest BCUT2D eigenvalue weighted by molar-refractivity contribution is -0.0582. The van der Waals surface area contributed by atoms with Crippen molar-refractivity contribution in [3.05, 3.63) is 66.0 Å². The van der Waals surface area contributed by atoms with Gasteiger partial charge in [-0.05, 0) is 25.1 Å². The lowest BCUT2D eigenvalue weighted by atomic mass is 9.93. The summed E-state index contributed by atoms with van der Waals surface area (Å²) in [6.07, 6.45) is 5.00. The number of aliphatic imine (C=N–C) groups is 1. The number of hydrogen-bond donors (Lipinski definition) is 0. The summed E-state index contributed by atoms with van der Waals surface area (Å²) in [5.41, 5.74) is 2.07. The van der Waals surface area contributed by atoms with E-state index in [0.717, 1.165) is 22.7 Å². The van der Waals surface area contributed by atoms with E-state index in [0.29, 0.717) is 6.61 Å². The van der Waals surface area contributed by atoms with Crippen LogP contribution in [0, 0.1) is 0 Å². The Morgan fingerprint density at radius 3 is 2.87 bits per heavy atom. The highest BCUT2D eigenvalue weighted by Crippen LogP contribution is 2.44. The Balaban J connectivity index is 1.83. The van der Waals surface area contributed by atoms with Crippen LogP contribution in [-0.2, 0) is 4.74 Å². The SMILES string of the molecule is CCOC1Oc2ccccc2C2C1=CN=CN2c1ccccn1. The van der Waals surface area contributed by atoms with Gasteiger partial charge in [-0.15, -0.1) is 0 Å². The summed E-state index contributed by atoms with van der Waals surface area (Å²) in [7, 11) is 0. The van der Waals surface area contributed by atoms with E-state index >= 15 is 0 Å². The average Bonchev–Trinajstić information content (AvgIpc) is 2.62. The predicted molar refractivity (Wildman–Crippen MR) is 88.5 cm³/mol. The molecule has 23 heavy (non-hydrogen) atoms. The van der Waals surface area contributed by atoms with Crippen LogP contribution in [0.4, 0.5) is 5.82 Å². The first kappa shape index (κ1) is 14.0. The molecule has 1 aromatic heterocycles. The van der Waals surface area contributed by atoms with E-state index in [1.165, 1.54) is 0 Å². The largest absolute Gasteiger partial charge is 0.460 e.